The molecule has 1 unspecified atom stereocenters. The molecule has 1 aromatic rings. The van der Waals surface area contributed by atoms with Crippen LogP contribution in [0.1, 0.15) is 25.6 Å². The van der Waals surface area contributed by atoms with Crippen molar-refractivity contribution in [3.63, 3.8) is 0 Å². The smallest absolute Gasteiger partial charge is 0.144 e. The molecule has 1 rings (SSSR count). The van der Waals surface area contributed by atoms with Crippen molar-refractivity contribution in [2.75, 3.05) is 0 Å². The second-order valence-corrected chi connectivity index (χ2v) is 2.31. The number of hydrogen-bond acceptors (Lipinski definition) is 2. The number of aryl methyl sites for hydroxylation is 1. The highest BCUT2D eigenvalue weighted by atomic mass is 16.3. The standard InChI is InChI=1S/C7H12N2O/c1-3-7-4-8-9(5-7)6(2)10/h4-6,10H,3H2,1-2H3. The van der Waals surface area contributed by atoms with E-state index >= 15 is 0 Å². The summed E-state index contributed by atoms with van der Waals surface area (Å²) in [5.41, 5.74) is 1.15. The van der Waals surface area contributed by atoms with E-state index in [0.29, 0.717) is 0 Å². The molecule has 10 heavy (non-hydrogen) atoms. The van der Waals surface area contributed by atoms with Gasteiger partial charge in [0.2, 0.25) is 0 Å². The number of aliphatic hydroxyl groups is 1. The van der Waals surface area contributed by atoms with E-state index in [0.717, 1.165) is 12.0 Å². The van der Waals surface area contributed by atoms with Crippen LogP contribution in [0.15, 0.2) is 12.4 Å². The molecule has 3 nitrogen and oxygen atoms in total. The minimum atomic E-state index is -0.514. The molecule has 0 aliphatic carbocycles. The summed E-state index contributed by atoms with van der Waals surface area (Å²) in [5.74, 6) is 0. The summed E-state index contributed by atoms with van der Waals surface area (Å²) >= 11 is 0. The summed E-state index contributed by atoms with van der Waals surface area (Å²) in [5, 5.41) is 13.0. The zero-order chi connectivity index (χ0) is 7.56. The van der Waals surface area contributed by atoms with Gasteiger partial charge in [0.25, 0.3) is 0 Å². The van der Waals surface area contributed by atoms with Crippen molar-refractivity contribution in [2.45, 2.75) is 26.5 Å². The molecule has 3 heteroatoms. The van der Waals surface area contributed by atoms with Gasteiger partial charge in [-0.15, -0.1) is 0 Å². The quantitative estimate of drug-likeness (QED) is 0.664. The molecule has 0 fully saturated rings. The monoisotopic (exact) mass is 140 g/mol. The van der Waals surface area contributed by atoms with Gasteiger partial charge in [0.15, 0.2) is 0 Å². The van der Waals surface area contributed by atoms with Gasteiger partial charge in [0, 0.05) is 6.20 Å². The molecular weight excluding hydrogens is 128 g/mol. The molecule has 56 valence electrons. The van der Waals surface area contributed by atoms with Crippen LogP contribution < -0.4 is 0 Å². The van der Waals surface area contributed by atoms with Crippen LogP contribution in [-0.4, -0.2) is 14.9 Å². The summed E-state index contributed by atoms with van der Waals surface area (Å²) in [4.78, 5) is 0. The highest BCUT2D eigenvalue weighted by Gasteiger charge is 1.99. The van der Waals surface area contributed by atoms with Crippen LogP contribution in [0.5, 0.6) is 0 Å². The van der Waals surface area contributed by atoms with E-state index in [-0.39, 0.29) is 0 Å². The Bertz CT molecular complexity index is 205. The predicted octanol–water partition coefficient (Wildman–Crippen LogP) is 0.956. The number of rotatable bonds is 2. The first kappa shape index (κ1) is 7.28. The Morgan fingerprint density at radius 1 is 1.80 bits per heavy atom. The number of hydrogen-bond donors (Lipinski definition) is 1. The van der Waals surface area contributed by atoms with E-state index in [9.17, 15) is 0 Å². The largest absolute Gasteiger partial charge is 0.372 e. The Morgan fingerprint density at radius 3 is 2.80 bits per heavy atom. The van der Waals surface area contributed by atoms with Crippen LogP contribution in [0.3, 0.4) is 0 Å². The Hall–Kier alpha value is -0.830. The fourth-order valence-corrected chi connectivity index (χ4v) is 0.764. The van der Waals surface area contributed by atoms with Crippen LogP contribution >= 0.6 is 0 Å². The van der Waals surface area contributed by atoms with Crippen LogP contribution in [0.4, 0.5) is 0 Å². The molecule has 1 N–H and O–H groups in total. The van der Waals surface area contributed by atoms with Crippen molar-refractivity contribution in [3.05, 3.63) is 18.0 Å². The van der Waals surface area contributed by atoms with Gasteiger partial charge in [-0.1, -0.05) is 6.92 Å². The maximum absolute atomic E-state index is 9.03. The molecule has 0 aliphatic rings. The van der Waals surface area contributed by atoms with Gasteiger partial charge in [0.05, 0.1) is 6.20 Å². The first-order valence-electron chi connectivity index (χ1n) is 3.45. The van der Waals surface area contributed by atoms with Gasteiger partial charge in [0.1, 0.15) is 6.23 Å². The summed E-state index contributed by atoms with van der Waals surface area (Å²) in [6, 6.07) is 0. The summed E-state index contributed by atoms with van der Waals surface area (Å²) in [6.07, 6.45) is 4.07. The van der Waals surface area contributed by atoms with Crippen LogP contribution in [0.25, 0.3) is 0 Å². The molecule has 0 bridgehead atoms. The van der Waals surface area contributed by atoms with Gasteiger partial charge in [-0.2, -0.15) is 5.10 Å². The zero-order valence-corrected chi connectivity index (χ0v) is 6.28. The Kier molecular flexibility index (Phi) is 2.06. The maximum Gasteiger partial charge on any atom is 0.144 e. The minimum absolute atomic E-state index is 0.514. The van der Waals surface area contributed by atoms with Crippen LogP contribution in [-0.2, 0) is 6.42 Å². The minimum Gasteiger partial charge on any atom is -0.372 e. The molecular formula is C7H12N2O. The van der Waals surface area contributed by atoms with Gasteiger partial charge in [-0.25, -0.2) is 4.68 Å². The number of aromatic nitrogens is 2. The normalized spacial score (nSPS) is 13.5. The lowest BCUT2D eigenvalue weighted by atomic mass is 10.3. The third kappa shape index (κ3) is 1.36. The van der Waals surface area contributed by atoms with Crippen molar-refractivity contribution < 1.29 is 5.11 Å². The lowest BCUT2D eigenvalue weighted by Crippen LogP contribution is -2.03. The Balaban J connectivity index is 2.78. The van der Waals surface area contributed by atoms with Crippen molar-refractivity contribution in [1.29, 1.82) is 0 Å². The number of aliphatic hydroxyl groups excluding tert-OH is 1. The summed E-state index contributed by atoms with van der Waals surface area (Å²) in [7, 11) is 0. The van der Waals surface area contributed by atoms with Crippen molar-refractivity contribution in [2.24, 2.45) is 0 Å². The van der Waals surface area contributed by atoms with Gasteiger partial charge in [-0.05, 0) is 18.9 Å². The molecule has 0 amide bonds. The van der Waals surface area contributed by atoms with Crippen molar-refractivity contribution in [3.8, 4) is 0 Å². The Labute approximate surface area is 60.3 Å². The average Bonchev–Trinajstić information content (AvgIpc) is 2.34. The molecule has 0 aromatic carbocycles. The zero-order valence-electron chi connectivity index (χ0n) is 6.28. The second kappa shape index (κ2) is 2.84. The molecule has 1 aromatic heterocycles. The topological polar surface area (TPSA) is 38.0 Å². The molecule has 0 spiro atoms. The van der Waals surface area contributed by atoms with E-state index in [4.69, 9.17) is 5.11 Å². The van der Waals surface area contributed by atoms with Crippen molar-refractivity contribution in [1.82, 2.24) is 9.78 Å². The van der Waals surface area contributed by atoms with Crippen LogP contribution in [0.2, 0.25) is 0 Å². The molecule has 0 saturated heterocycles. The Morgan fingerprint density at radius 2 is 2.50 bits per heavy atom. The fourth-order valence-electron chi connectivity index (χ4n) is 0.764. The SMILES string of the molecule is CCc1cnn(C(C)O)c1. The van der Waals surface area contributed by atoms with E-state index < -0.39 is 6.23 Å². The first-order chi connectivity index (χ1) is 4.74. The average molecular weight is 140 g/mol. The maximum atomic E-state index is 9.03. The van der Waals surface area contributed by atoms with E-state index in [1.807, 2.05) is 6.20 Å². The van der Waals surface area contributed by atoms with E-state index in [1.54, 1.807) is 17.8 Å². The second-order valence-electron chi connectivity index (χ2n) is 2.31. The van der Waals surface area contributed by atoms with Crippen molar-refractivity contribution >= 4 is 0 Å². The molecule has 0 radical (unpaired) electrons. The number of nitrogens with zero attached hydrogens (tertiary/aromatic N) is 2. The summed E-state index contributed by atoms with van der Waals surface area (Å²) in [6.45, 7) is 3.75. The lowest BCUT2D eigenvalue weighted by molar-refractivity contribution is 0.110. The molecule has 0 saturated carbocycles. The summed E-state index contributed by atoms with van der Waals surface area (Å²) < 4.78 is 1.54. The lowest BCUT2D eigenvalue weighted by Gasteiger charge is -2.01. The van der Waals surface area contributed by atoms with Gasteiger partial charge >= 0.3 is 0 Å². The molecule has 1 atom stereocenters. The van der Waals surface area contributed by atoms with E-state index in [2.05, 4.69) is 12.0 Å². The first-order valence-corrected chi connectivity index (χ1v) is 3.45. The highest BCUT2D eigenvalue weighted by Crippen LogP contribution is 2.02. The third-order valence-corrected chi connectivity index (χ3v) is 1.45. The molecule has 1 heterocycles. The van der Waals surface area contributed by atoms with Crippen LogP contribution in [0, 0.1) is 0 Å². The molecule has 0 aliphatic heterocycles. The van der Waals surface area contributed by atoms with Gasteiger partial charge < -0.3 is 5.11 Å². The van der Waals surface area contributed by atoms with Gasteiger partial charge in [-0.3, -0.25) is 0 Å². The predicted molar refractivity (Wildman–Crippen MR) is 38.5 cm³/mol. The highest BCUT2D eigenvalue weighted by molar-refractivity contribution is 5.02. The fraction of sp³-hybridized carbons (Fsp3) is 0.571. The third-order valence-electron chi connectivity index (χ3n) is 1.45. The van der Waals surface area contributed by atoms with E-state index in [1.165, 1.54) is 0 Å².